The number of amides is 1. The Balaban J connectivity index is 1.20. The number of hydrogen-bond acceptors (Lipinski definition) is 8. The van der Waals surface area contributed by atoms with E-state index in [1.54, 1.807) is 44.7 Å². The Bertz CT molecular complexity index is 2250. The first-order valence-electron chi connectivity index (χ1n) is 17.2. The molecule has 1 aliphatic heterocycles. The van der Waals surface area contributed by atoms with Crippen LogP contribution >= 0.6 is 11.6 Å². The number of halogens is 4. The molecule has 0 bridgehead atoms. The zero-order chi connectivity index (χ0) is 37.9. The second-order valence-corrected chi connectivity index (χ2v) is 13.4. The fourth-order valence-electron chi connectivity index (χ4n) is 6.68. The summed E-state index contributed by atoms with van der Waals surface area (Å²) in [5.41, 5.74) is 4.51. The molecule has 4 heterocycles. The Morgan fingerprint density at radius 2 is 1.57 bits per heavy atom. The van der Waals surface area contributed by atoms with Gasteiger partial charge in [0.25, 0.3) is 6.43 Å². The van der Waals surface area contributed by atoms with Crippen LogP contribution in [0.2, 0.25) is 5.02 Å². The average Bonchev–Trinajstić information content (AvgIpc) is 3.48. The number of methoxy groups -OCH3 is 2. The topological polar surface area (TPSA) is 97.6 Å². The first kappa shape index (κ1) is 36.5. The predicted molar refractivity (Wildman–Crippen MR) is 202 cm³/mol. The quantitative estimate of drug-likeness (QED) is 0.134. The predicted octanol–water partition coefficient (Wildman–Crippen LogP) is 8.21. The number of carbonyl (C=O) groups excluding carboxylic acids is 1. The van der Waals surface area contributed by atoms with Gasteiger partial charge in [-0.1, -0.05) is 35.9 Å². The maximum atomic E-state index is 16.2. The van der Waals surface area contributed by atoms with Crippen molar-refractivity contribution in [3.8, 4) is 22.6 Å². The molecule has 10 nitrogen and oxygen atoms in total. The van der Waals surface area contributed by atoms with Crippen molar-refractivity contribution >= 4 is 45.7 Å². The molecule has 3 aromatic carbocycles. The van der Waals surface area contributed by atoms with Crippen LogP contribution in [0.4, 0.5) is 30.6 Å². The first-order chi connectivity index (χ1) is 26.1. The van der Waals surface area contributed by atoms with Gasteiger partial charge in [0.05, 0.1) is 25.8 Å². The Kier molecular flexibility index (Phi) is 10.6. The highest BCUT2D eigenvalue weighted by Gasteiger charge is 2.25. The summed E-state index contributed by atoms with van der Waals surface area (Å²) in [5.74, 6) is 2.05. The normalized spacial score (nSPS) is 12.9. The van der Waals surface area contributed by atoms with Crippen LogP contribution < -0.4 is 19.7 Å². The maximum absolute atomic E-state index is 16.2. The number of nitrogens with one attached hydrogen (secondary N) is 1. The second kappa shape index (κ2) is 15.7. The molecule has 1 amide bonds. The minimum Gasteiger partial charge on any atom is -0.497 e. The summed E-state index contributed by atoms with van der Waals surface area (Å²) in [6, 6.07) is 22.7. The number of pyridine rings is 2. The SMILES string of the molecule is COc1ccc(CN(Cc2ccc(OC)cc2)c2nccc(-c3cc4cc(Nc5cc6n(n5)CC(=O)N(CC(F)F)CC6)ncc4c(Cl)c3F)c2C)cc1. The number of ether oxygens (including phenoxy) is 2. The minimum atomic E-state index is -2.60. The van der Waals surface area contributed by atoms with E-state index >= 15 is 4.39 Å². The molecule has 7 rings (SSSR count). The molecule has 54 heavy (non-hydrogen) atoms. The fraction of sp³-hybridized carbons (Fsp3) is 0.250. The van der Waals surface area contributed by atoms with E-state index in [1.807, 2.05) is 55.5 Å². The van der Waals surface area contributed by atoms with Crippen LogP contribution in [0.3, 0.4) is 0 Å². The number of hydrogen-bond donors (Lipinski definition) is 1. The van der Waals surface area contributed by atoms with E-state index in [9.17, 15) is 13.6 Å². The molecule has 1 aliphatic rings. The van der Waals surface area contributed by atoms with Crippen molar-refractivity contribution in [3.63, 3.8) is 0 Å². The van der Waals surface area contributed by atoms with E-state index in [4.69, 9.17) is 26.1 Å². The average molecular weight is 756 g/mol. The Labute approximate surface area is 315 Å². The molecule has 1 N–H and O–H groups in total. The van der Waals surface area contributed by atoms with Gasteiger partial charge in [0.15, 0.2) is 5.82 Å². The summed E-state index contributed by atoms with van der Waals surface area (Å²) < 4.78 is 54.3. The molecule has 0 radical (unpaired) electrons. The lowest BCUT2D eigenvalue weighted by Gasteiger charge is -2.27. The maximum Gasteiger partial charge on any atom is 0.255 e. The van der Waals surface area contributed by atoms with Gasteiger partial charge in [-0.25, -0.2) is 23.1 Å². The summed E-state index contributed by atoms with van der Waals surface area (Å²) in [6.07, 6.45) is 0.939. The molecule has 278 valence electrons. The van der Waals surface area contributed by atoms with Crippen LogP contribution in [-0.2, 0) is 30.8 Å². The Morgan fingerprint density at radius 3 is 2.20 bits per heavy atom. The minimum absolute atomic E-state index is 0.0618. The second-order valence-electron chi connectivity index (χ2n) is 13.0. The van der Waals surface area contributed by atoms with Gasteiger partial charge in [0, 0.05) is 61.2 Å². The van der Waals surface area contributed by atoms with E-state index < -0.39 is 24.7 Å². The van der Waals surface area contributed by atoms with E-state index in [1.165, 1.54) is 10.9 Å². The van der Waals surface area contributed by atoms with Crippen molar-refractivity contribution in [3.05, 3.63) is 118 Å². The van der Waals surface area contributed by atoms with E-state index in [2.05, 4.69) is 20.3 Å². The van der Waals surface area contributed by atoms with Gasteiger partial charge >= 0.3 is 0 Å². The highest BCUT2D eigenvalue weighted by molar-refractivity contribution is 6.36. The van der Waals surface area contributed by atoms with Gasteiger partial charge in [-0.05, 0) is 77.0 Å². The van der Waals surface area contributed by atoms with Gasteiger partial charge in [0.1, 0.15) is 35.5 Å². The molecule has 14 heteroatoms. The number of rotatable bonds is 12. The lowest BCUT2D eigenvalue weighted by Crippen LogP contribution is -2.36. The zero-order valence-electron chi connectivity index (χ0n) is 29.8. The number of benzene rings is 3. The summed E-state index contributed by atoms with van der Waals surface area (Å²) >= 11 is 6.67. The van der Waals surface area contributed by atoms with Crippen LogP contribution in [0.5, 0.6) is 11.5 Å². The molecule has 0 atom stereocenters. The lowest BCUT2D eigenvalue weighted by atomic mass is 9.98. The number of anilines is 3. The number of fused-ring (bicyclic) bond motifs is 2. The third-order valence-corrected chi connectivity index (χ3v) is 9.86. The van der Waals surface area contributed by atoms with Crippen molar-refractivity contribution in [2.24, 2.45) is 0 Å². The highest BCUT2D eigenvalue weighted by Crippen LogP contribution is 2.39. The molecule has 0 unspecified atom stereocenters. The van der Waals surface area contributed by atoms with Gasteiger partial charge in [-0.3, -0.25) is 9.48 Å². The number of aromatic nitrogens is 4. The van der Waals surface area contributed by atoms with Crippen LogP contribution in [0.1, 0.15) is 22.4 Å². The molecule has 0 saturated carbocycles. The Hall–Kier alpha value is -5.82. The van der Waals surface area contributed by atoms with Crippen molar-refractivity contribution in [1.29, 1.82) is 0 Å². The van der Waals surface area contributed by atoms with E-state index in [-0.39, 0.29) is 18.1 Å². The third-order valence-electron chi connectivity index (χ3n) is 9.49. The van der Waals surface area contributed by atoms with Gasteiger partial charge in [0.2, 0.25) is 5.91 Å². The Morgan fingerprint density at radius 1 is 0.907 bits per heavy atom. The lowest BCUT2D eigenvalue weighted by molar-refractivity contribution is -0.133. The molecule has 0 saturated heterocycles. The van der Waals surface area contributed by atoms with Crippen LogP contribution in [-0.4, -0.2) is 64.3 Å². The van der Waals surface area contributed by atoms with Crippen molar-refractivity contribution in [1.82, 2.24) is 24.6 Å². The van der Waals surface area contributed by atoms with Gasteiger partial charge in [-0.2, -0.15) is 5.10 Å². The summed E-state index contributed by atoms with van der Waals surface area (Å²) in [5, 5.41) is 8.65. The number of nitrogens with zero attached hydrogens (tertiary/aromatic N) is 6. The largest absolute Gasteiger partial charge is 0.497 e. The zero-order valence-corrected chi connectivity index (χ0v) is 30.6. The van der Waals surface area contributed by atoms with E-state index in [0.29, 0.717) is 58.9 Å². The monoisotopic (exact) mass is 755 g/mol. The number of alkyl halides is 2. The summed E-state index contributed by atoms with van der Waals surface area (Å²) in [4.78, 5) is 25.1. The van der Waals surface area contributed by atoms with Crippen LogP contribution in [0.15, 0.2) is 85.2 Å². The van der Waals surface area contributed by atoms with Gasteiger partial charge < -0.3 is 24.6 Å². The molecule has 3 aromatic heterocycles. The molecular weight excluding hydrogens is 719 g/mol. The molecular formula is C40H37ClF3N7O3. The molecule has 0 spiro atoms. The smallest absolute Gasteiger partial charge is 0.255 e. The van der Waals surface area contributed by atoms with Crippen LogP contribution in [0.25, 0.3) is 21.9 Å². The van der Waals surface area contributed by atoms with E-state index in [0.717, 1.165) is 38.8 Å². The fourth-order valence-corrected chi connectivity index (χ4v) is 6.94. The molecule has 0 aliphatic carbocycles. The molecule has 0 fully saturated rings. The van der Waals surface area contributed by atoms with Crippen molar-refractivity contribution in [2.45, 2.75) is 39.4 Å². The highest BCUT2D eigenvalue weighted by atomic mass is 35.5. The standard InChI is InChI=1S/C40H37ClF3N7O3/c1-24-31(12-14-45-40(24)50(20-25-4-8-29(53-2)9-5-25)21-26-6-10-30(54-3)11-7-26)32-16-27-17-35(46-19-33(27)38(41)39(32)44)47-36-18-28-13-15-49(22-34(42)43)37(52)23-51(28)48-36/h4-12,14,16-19,34H,13,15,20-23H2,1-3H3,(H,46,47,48). The van der Waals surface area contributed by atoms with Crippen molar-refractivity contribution in [2.75, 3.05) is 37.5 Å². The summed E-state index contributed by atoms with van der Waals surface area (Å²) in [7, 11) is 3.26. The molecule has 6 aromatic rings. The van der Waals surface area contributed by atoms with Gasteiger partial charge in [-0.15, -0.1) is 0 Å². The van der Waals surface area contributed by atoms with Crippen molar-refractivity contribution < 1.29 is 27.4 Å². The summed E-state index contributed by atoms with van der Waals surface area (Å²) in [6.45, 7) is 2.39. The number of carbonyl (C=O) groups is 1. The van der Waals surface area contributed by atoms with Crippen LogP contribution in [0, 0.1) is 12.7 Å². The first-order valence-corrected chi connectivity index (χ1v) is 17.6. The third kappa shape index (κ3) is 7.76.